The molecular weight excluding hydrogens is 184 g/mol. The molecule has 0 saturated heterocycles. The topological polar surface area (TPSA) is 20.2 Å². The zero-order valence-electron chi connectivity index (χ0n) is 10.2. The standard InChI is InChI=1S/C14H26O/c1-2-12-8-5-9-14(15,10-12)11-13-6-3-4-7-13/h12-13,15H,2-11H2,1H3. The number of hydrogen-bond donors (Lipinski definition) is 1. The van der Waals surface area contributed by atoms with Crippen LogP contribution < -0.4 is 0 Å². The van der Waals surface area contributed by atoms with Gasteiger partial charge >= 0.3 is 0 Å². The maximum absolute atomic E-state index is 10.6. The maximum Gasteiger partial charge on any atom is 0.0653 e. The van der Waals surface area contributed by atoms with Crippen LogP contribution in [0.5, 0.6) is 0 Å². The molecular formula is C14H26O. The molecule has 0 aromatic rings. The summed E-state index contributed by atoms with van der Waals surface area (Å²) in [5, 5.41) is 10.6. The fourth-order valence-electron chi connectivity index (χ4n) is 3.75. The molecule has 1 N–H and O–H groups in total. The van der Waals surface area contributed by atoms with Gasteiger partial charge in [-0.25, -0.2) is 0 Å². The summed E-state index contributed by atoms with van der Waals surface area (Å²) in [6, 6.07) is 0. The van der Waals surface area contributed by atoms with Crippen LogP contribution in [0.3, 0.4) is 0 Å². The van der Waals surface area contributed by atoms with Crippen LogP contribution in [0.1, 0.15) is 71.1 Å². The summed E-state index contributed by atoms with van der Waals surface area (Å²) in [5.74, 6) is 1.63. The lowest BCUT2D eigenvalue weighted by atomic mass is 9.73. The molecule has 2 aliphatic carbocycles. The van der Waals surface area contributed by atoms with Gasteiger partial charge in [-0.15, -0.1) is 0 Å². The first-order chi connectivity index (χ1) is 7.22. The lowest BCUT2D eigenvalue weighted by molar-refractivity contribution is -0.0354. The van der Waals surface area contributed by atoms with E-state index in [2.05, 4.69) is 6.92 Å². The SMILES string of the molecule is CCC1CCCC(O)(CC2CCCC2)C1. The van der Waals surface area contributed by atoms with Gasteiger partial charge < -0.3 is 5.11 Å². The molecule has 0 aromatic heterocycles. The monoisotopic (exact) mass is 210 g/mol. The Balaban J connectivity index is 1.87. The van der Waals surface area contributed by atoms with Gasteiger partial charge in [-0.3, -0.25) is 0 Å². The second-order valence-electron chi connectivity index (χ2n) is 5.95. The second-order valence-corrected chi connectivity index (χ2v) is 5.95. The summed E-state index contributed by atoms with van der Waals surface area (Å²) in [6.07, 6.45) is 12.7. The Morgan fingerprint density at radius 2 is 1.73 bits per heavy atom. The summed E-state index contributed by atoms with van der Waals surface area (Å²) in [6.45, 7) is 2.27. The maximum atomic E-state index is 10.6. The average Bonchev–Trinajstić information content (AvgIpc) is 2.69. The van der Waals surface area contributed by atoms with Gasteiger partial charge in [0.25, 0.3) is 0 Å². The van der Waals surface area contributed by atoms with Gasteiger partial charge in [0.15, 0.2) is 0 Å². The molecule has 2 unspecified atom stereocenters. The van der Waals surface area contributed by atoms with E-state index in [0.29, 0.717) is 0 Å². The van der Waals surface area contributed by atoms with Crippen LogP contribution in [0.2, 0.25) is 0 Å². The van der Waals surface area contributed by atoms with Crippen molar-refractivity contribution in [3.8, 4) is 0 Å². The van der Waals surface area contributed by atoms with E-state index in [1.54, 1.807) is 0 Å². The highest BCUT2D eigenvalue weighted by atomic mass is 16.3. The Bertz CT molecular complexity index is 196. The van der Waals surface area contributed by atoms with Crippen molar-refractivity contribution in [2.24, 2.45) is 11.8 Å². The molecule has 2 fully saturated rings. The van der Waals surface area contributed by atoms with Gasteiger partial charge in [-0.05, 0) is 31.1 Å². The van der Waals surface area contributed by atoms with Crippen molar-refractivity contribution in [1.82, 2.24) is 0 Å². The van der Waals surface area contributed by atoms with Gasteiger partial charge in [0, 0.05) is 0 Å². The average molecular weight is 210 g/mol. The number of hydrogen-bond acceptors (Lipinski definition) is 1. The minimum absolute atomic E-state index is 0.284. The molecule has 0 aliphatic heterocycles. The zero-order chi connectivity index (χ0) is 10.7. The molecule has 0 amide bonds. The van der Waals surface area contributed by atoms with E-state index >= 15 is 0 Å². The molecule has 88 valence electrons. The fourth-order valence-corrected chi connectivity index (χ4v) is 3.75. The van der Waals surface area contributed by atoms with Crippen LogP contribution in [0.4, 0.5) is 0 Å². The smallest absolute Gasteiger partial charge is 0.0653 e. The minimum atomic E-state index is -0.284. The first kappa shape index (κ1) is 11.4. The highest BCUT2D eigenvalue weighted by Gasteiger charge is 2.36. The van der Waals surface area contributed by atoms with Gasteiger partial charge in [0.1, 0.15) is 0 Å². The van der Waals surface area contributed by atoms with Crippen molar-refractivity contribution < 1.29 is 5.11 Å². The van der Waals surface area contributed by atoms with E-state index in [1.807, 2.05) is 0 Å². The predicted molar refractivity (Wildman–Crippen MR) is 63.8 cm³/mol. The Hall–Kier alpha value is -0.0400. The third kappa shape index (κ3) is 2.96. The highest BCUT2D eigenvalue weighted by molar-refractivity contribution is 4.88. The molecule has 0 bridgehead atoms. The van der Waals surface area contributed by atoms with Gasteiger partial charge in [-0.2, -0.15) is 0 Å². The van der Waals surface area contributed by atoms with E-state index in [1.165, 1.54) is 44.9 Å². The van der Waals surface area contributed by atoms with Crippen molar-refractivity contribution >= 4 is 0 Å². The van der Waals surface area contributed by atoms with Crippen molar-refractivity contribution in [2.75, 3.05) is 0 Å². The van der Waals surface area contributed by atoms with Crippen LogP contribution in [0.15, 0.2) is 0 Å². The van der Waals surface area contributed by atoms with Crippen molar-refractivity contribution in [3.05, 3.63) is 0 Å². The molecule has 0 spiro atoms. The Morgan fingerprint density at radius 3 is 2.40 bits per heavy atom. The first-order valence-corrected chi connectivity index (χ1v) is 6.94. The molecule has 15 heavy (non-hydrogen) atoms. The lowest BCUT2D eigenvalue weighted by Gasteiger charge is -2.38. The summed E-state index contributed by atoms with van der Waals surface area (Å²) in [7, 11) is 0. The van der Waals surface area contributed by atoms with Crippen molar-refractivity contribution in [1.29, 1.82) is 0 Å². The third-order valence-electron chi connectivity index (χ3n) is 4.64. The fraction of sp³-hybridized carbons (Fsp3) is 1.00. The van der Waals surface area contributed by atoms with E-state index in [0.717, 1.165) is 31.1 Å². The lowest BCUT2D eigenvalue weighted by Crippen LogP contribution is -2.36. The van der Waals surface area contributed by atoms with E-state index < -0.39 is 0 Å². The summed E-state index contributed by atoms with van der Waals surface area (Å²) < 4.78 is 0. The molecule has 1 heteroatoms. The largest absolute Gasteiger partial charge is 0.390 e. The molecule has 2 rings (SSSR count). The number of aliphatic hydroxyl groups is 1. The van der Waals surface area contributed by atoms with Crippen LogP contribution in [-0.2, 0) is 0 Å². The number of rotatable bonds is 3. The van der Waals surface area contributed by atoms with Crippen LogP contribution in [-0.4, -0.2) is 10.7 Å². The predicted octanol–water partition coefficient (Wildman–Crippen LogP) is 3.90. The van der Waals surface area contributed by atoms with E-state index in [9.17, 15) is 5.11 Å². The third-order valence-corrected chi connectivity index (χ3v) is 4.64. The molecule has 0 radical (unpaired) electrons. The van der Waals surface area contributed by atoms with E-state index in [-0.39, 0.29) is 5.60 Å². The summed E-state index contributed by atoms with van der Waals surface area (Å²) in [4.78, 5) is 0. The molecule has 2 atom stereocenters. The van der Waals surface area contributed by atoms with Gasteiger partial charge in [0.05, 0.1) is 5.60 Å². The minimum Gasteiger partial charge on any atom is -0.390 e. The van der Waals surface area contributed by atoms with Crippen LogP contribution in [0, 0.1) is 11.8 Å². The Labute approximate surface area is 94.3 Å². The van der Waals surface area contributed by atoms with Crippen molar-refractivity contribution in [2.45, 2.75) is 76.7 Å². The summed E-state index contributed by atoms with van der Waals surface area (Å²) >= 11 is 0. The Morgan fingerprint density at radius 1 is 1.07 bits per heavy atom. The molecule has 0 heterocycles. The quantitative estimate of drug-likeness (QED) is 0.749. The molecule has 2 aliphatic rings. The van der Waals surface area contributed by atoms with E-state index in [4.69, 9.17) is 0 Å². The van der Waals surface area contributed by atoms with Gasteiger partial charge in [0.2, 0.25) is 0 Å². The zero-order valence-corrected chi connectivity index (χ0v) is 10.2. The normalized spacial score (nSPS) is 38.4. The van der Waals surface area contributed by atoms with Gasteiger partial charge in [-0.1, -0.05) is 51.9 Å². The first-order valence-electron chi connectivity index (χ1n) is 6.94. The Kier molecular flexibility index (Phi) is 3.71. The highest BCUT2D eigenvalue weighted by Crippen LogP contribution is 2.41. The molecule has 2 saturated carbocycles. The second kappa shape index (κ2) is 4.86. The molecule has 1 nitrogen and oxygen atoms in total. The van der Waals surface area contributed by atoms with Crippen molar-refractivity contribution in [3.63, 3.8) is 0 Å². The van der Waals surface area contributed by atoms with Crippen LogP contribution >= 0.6 is 0 Å². The summed E-state index contributed by atoms with van der Waals surface area (Å²) in [5.41, 5.74) is -0.284. The molecule has 0 aromatic carbocycles. The van der Waals surface area contributed by atoms with Crippen LogP contribution in [0.25, 0.3) is 0 Å².